The fraction of sp³-hybridized carbons (Fsp3) is 0.370. The Balaban J connectivity index is 1.22. The second-order valence-corrected chi connectivity index (χ2v) is 9.36. The molecule has 0 bridgehead atoms. The molecule has 1 saturated heterocycles. The maximum atomic E-state index is 12.8. The molecule has 3 aromatic heterocycles. The van der Waals surface area contributed by atoms with Crippen molar-refractivity contribution in [3.63, 3.8) is 0 Å². The summed E-state index contributed by atoms with van der Waals surface area (Å²) in [6.45, 7) is 5.57. The number of pyridine rings is 2. The fourth-order valence-corrected chi connectivity index (χ4v) is 4.87. The van der Waals surface area contributed by atoms with E-state index in [0.717, 1.165) is 69.1 Å². The van der Waals surface area contributed by atoms with Gasteiger partial charge in [0, 0.05) is 37.7 Å². The molecule has 3 aromatic rings. The Bertz CT molecular complexity index is 1290. The van der Waals surface area contributed by atoms with Crippen molar-refractivity contribution < 1.29 is 22.7 Å². The topological polar surface area (TPSA) is 72.3 Å². The maximum Gasteiger partial charge on any atom is 0.417 e. The van der Waals surface area contributed by atoms with Gasteiger partial charge in [-0.25, -0.2) is 4.98 Å². The first-order valence-corrected chi connectivity index (χ1v) is 12.3. The summed E-state index contributed by atoms with van der Waals surface area (Å²) in [7, 11) is 0. The molecule has 10 heteroatoms. The lowest BCUT2D eigenvalue weighted by molar-refractivity contribution is -0.137. The number of ether oxygens (including phenoxy) is 1. The highest BCUT2D eigenvalue weighted by Gasteiger charge is 2.30. The van der Waals surface area contributed by atoms with Gasteiger partial charge < -0.3 is 14.6 Å². The Labute approximate surface area is 213 Å². The molecule has 0 aromatic carbocycles. The number of allylic oxidation sites excluding steroid dienone is 1. The summed E-state index contributed by atoms with van der Waals surface area (Å²) in [4.78, 5) is 23.8. The largest absolute Gasteiger partial charge is 0.417 e. The molecule has 1 amide bonds. The first-order valence-electron chi connectivity index (χ1n) is 12.3. The average Bonchev–Trinajstić information content (AvgIpc) is 3.40. The number of nitrogens with one attached hydrogen (secondary N) is 1. The first-order chi connectivity index (χ1) is 17.8. The van der Waals surface area contributed by atoms with Crippen LogP contribution in [0, 0.1) is 6.92 Å². The van der Waals surface area contributed by atoms with Crippen LogP contribution in [-0.4, -0.2) is 57.7 Å². The minimum Gasteiger partial charge on any atom is -0.379 e. The van der Waals surface area contributed by atoms with E-state index in [9.17, 15) is 18.0 Å². The highest BCUT2D eigenvalue weighted by Crippen LogP contribution is 2.31. The molecule has 1 unspecified atom stereocenters. The van der Waals surface area contributed by atoms with Crippen molar-refractivity contribution in [2.24, 2.45) is 0 Å². The zero-order valence-corrected chi connectivity index (χ0v) is 20.5. The van der Waals surface area contributed by atoms with Crippen LogP contribution in [-0.2, 0) is 10.9 Å². The maximum absolute atomic E-state index is 12.8. The van der Waals surface area contributed by atoms with Crippen molar-refractivity contribution in [1.82, 2.24) is 19.4 Å². The molecule has 4 heterocycles. The van der Waals surface area contributed by atoms with Gasteiger partial charge in [-0.15, -0.1) is 0 Å². The quantitative estimate of drug-likeness (QED) is 0.515. The molecular formula is C27H28F3N5O2. The molecular weight excluding hydrogens is 483 g/mol. The van der Waals surface area contributed by atoms with Gasteiger partial charge in [-0.2, -0.15) is 13.2 Å². The minimum absolute atomic E-state index is 0.283. The van der Waals surface area contributed by atoms with Gasteiger partial charge in [0.05, 0.1) is 41.9 Å². The van der Waals surface area contributed by atoms with E-state index in [-0.39, 0.29) is 11.7 Å². The number of morpholine rings is 1. The van der Waals surface area contributed by atoms with E-state index in [1.54, 1.807) is 18.5 Å². The van der Waals surface area contributed by atoms with Crippen molar-refractivity contribution in [2.75, 3.05) is 31.6 Å². The Morgan fingerprint density at radius 3 is 2.59 bits per heavy atom. The van der Waals surface area contributed by atoms with Crippen LogP contribution in [0.2, 0.25) is 0 Å². The predicted octanol–water partition coefficient (Wildman–Crippen LogP) is 5.11. The molecule has 7 nitrogen and oxygen atoms in total. The number of aromatic nitrogens is 3. The second-order valence-electron chi connectivity index (χ2n) is 9.36. The smallest absolute Gasteiger partial charge is 0.379 e. The summed E-state index contributed by atoms with van der Waals surface area (Å²) < 4.78 is 45.3. The summed E-state index contributed by atoms with van der Waals surface area (Å²) in [6, 6.07) is 6.27. The van der Waals surface area contributed by atoms with E-state index in [4.69, 9.17) is 4.74 Å². The third kappa shape index (κ3) is 5.75. The van der Waals surface area contributed by atoms with Gasteiger partial charge in [0.2, 0.25) is 0 Å². The zero-order chi connectivity index (χ0) is 26.0. The average molecular weight is 512 g/mol. The third-order valence-corrected chi connectivity index (χ3v) is 6.88. The van der Waals surface area contributed by atoms with Gasteiger partial charge >= 0.3 is 6.18 Å². The Morgan fingerprint density at radius 2 is 1.95 bits per heavy atom. The standard InChI is InChI=1S/C27H28F3N5O2/c1-18-14-22(16-32-25(18)19-2-5-23(6-3-19)34-10-12-37-13-11-34)33-26(36)20-8-9-35(17-20)24-7-4-21(15-31-24)27(28,29)30/h2,4,7-9,14-17,23H,3,5-6,10-13H2,1H3,(H,33,36). The molecule has 1 atom stereocenters. The second kappa shape index (κ2) is 10.5. The molecule has 1 N–H and O–H groups in total. The Kier molecular flexibility index (Phi) is 7.12. The van der Waals surface area contributed by atoms with Gasteiger partial charge in [-0.1, -0.05) is 6.08 Å². The van der Waals surface area contributed by atoms with E-state index in [2.05, 4.69) is 26.3 Å². The van der Waals surface area contributed by atoms with Gasteiger partial charge in [-0.3, -0.25) is 14.7 Å². The van der Waals surface area contributed by atoms with Crippen molar-refractivity contribution in [3.05, 3.63) is 77.5 Å². The van der Waals surface area contributed by atoms with Crippen LogP contribution in [0.3, 0.4) is 0 Å². The van der Waals surface area contributed by atoms with Gasteiger partial charge in [-0.05, 0) is 61.6 Å². The Morgan fingerprint density at radius 1 is 1.14 bits per heavy atom. The third-order valence-electron chi connectivity index (χ3n) is 6.88. The van der Waals surface area contributed by atoms with E-state index < -0.39 is 11.7 Å². The van der Waals surface area contributed by atoms with E-state index in [1.807, 2.05) is 13.0 Å². The van der Waals surface area contributed by atoms with Gasteiger partial charge in [0.1, 0.15) is 5.82 Å². The number of halogens is 3. The van der Waals surface area contributed by atoms with E-state index in [0.29, 0.717) is 17.3 Å². The minimum atomic E-state index is -4.45. The lowest BCUT2D eigenvalue weighted by Crippen LogP contribution is -2.43. The van der Waals surface area contributed by atoms with Crippen LogP contribution in [0.4, 0.5) is 18.9 Å². The molecule has 0 radical (unpaired) electrons. The molecule has 0 saturated carbocycles. The van der Waals surface area contributed by atoms with Crippen LogP contribution in [0.5, 0.6) is 0 Å². The molecule has 194 valence electrons. The predicted molar refractivity (Wildman–Crippen MR) is 134 cm³/mol. The van der Waals surface area contributed by atoms with Crippen LogP contribution < -0.4 is 5.32 Å². The summed E-state index contributed by atoms with van der Waals surface area (Å²) in [5.41, 5.74) is 3.29. The van der Waals surface area contributed by atoms with Crippen LogP contribution >= 0.6 is 0 Å². The molecule has 2 aliphatic rings. The molecule has 1 aliphatic carbocycles. The van der Waals surface area contributed by atoms with E-state index >= 15 is 0 Å². The number of rotatable bonds is 5. The number of alkyl halides is 3. The lowest BCUT2D eigenvalue weighted by atomic mass is 9.90. The molecule has 37 heavy (non-hydrogen) atoms. The van der Waals surface area contributed by atoms with Crippen molar-refractivity contribution in [3.8, 4) is 5.82 Å². The monoisotopic (exact) mass is 511 g/mol. The highest BCUT2D eigenvalue weighted by molar-refractivity contribution is 6.04. The molecule has 5 rings (SSSR count). The number of aryl methyl sites for hydroxylation is 1. The number of carbonyl (C=O) groups excluding carboxylic acids is 1. The molecule has 1 fully saturated rings. The SMILES string of the molecule is Cc1cc(NC(=O)c2ccn(-c3ccc(C(F)(F)F)cn3)c2)cnc1C1=CCC(N2CCOCC2)CC1. The van der Waals surface area contributed by atoms with Crippen molar-refractivity contribution in [2.45, 2.75) is 38.4 Å². The van der Waals surface area contributed by atoms with Crippen molar-refractivity contribution >= 4 is 17.2 Å². The number of hydrogen-bond donors (Lipinski definition) is 1. The number of amides is 1. The number of carbonyl (C=O) groups is 1. The van der Waals surface area contributed by atoms with Crippen LogP contribution in [0.25, 0.3) is 11.4 Å². The lowest BCUT2D eigenvalue weighted by Gasteiger charge is -2.36. The van der Waals surface area contributed by atoms with Crippen LogP contribution in [0.1, 0.15) is 46.4 Å². The van der Waals surface area contributed by atoms with E-state index in [1.165, 1.54) is 22.4 Å². The normalized spacial score (nSPS) is 18.9. The number of hydrogen-bond acceptors (Lipinski definition) is 5. The van der Waals surface area contributed by atoms with Gasteiger partial charge in [0.15, 0.2) is 0 Å². The molecule has 0 spiro atoms. The summed E-state index contributed by atoms with van der Waals surface area (Å²) in [6.07, 6.45) is 6.43. The Hall–Kier alpha value is -3.50. The van der Waals surface area contributed by atoms with Crippen LogP contribution in [0.15, 0.2) is 55.1 Å². The van der Waals surface area contributed by atoms with Gasteiger partial charge in [0.25, 0.3) is 5.91 Å². The summed E-state index contributed by atoms with van der Waals surface area (Å²) >= 11 is 0. The molecule has 1 aliphatic heterocycles. The summed E-state index contributed by atoms with van der Waals surface area (Å²) in [5, 5.41) is 2.85. The fourth-order valence-electron chi connectivity index (χ4n) is 4.87. The van der Waals surface area contributed by atoms with Crippen molar-refractivity contribution in [1.29, 1.82) is 0 Å². The number of nitrogens with zero attached hydrogens (tertiary/aromatic N) is 4. The summed E-state index contributed by atoms with van der Waals surface area (Å²) in [5.74, 6) is -0.0598. The number of anilines is 1. The first kappa shape index (κ1) is 25.2. The zero-order valence-electron chi connectivity index (χ0n) is 20.5. The highest BCUT2D eigenvalue weighted by atomic mass is 19.4.